The molecular weight excluding hydrogens is 532 g/mol. The maximum atomic E-state index is 14.4. The molecule has 9 nitrogen and oxygen atoms in total. The summed E-state index contributed by atoms with van der Waals surface area (Å²) in [6.07, 6.45) is 4.77. The molecule has 1 saturated heterocycles. The summed E-state index contributed by atoms with van der Waals surface area (Å²) >= 11 is 0. The zero-order valence-electron chi connectivity index (χ0n) is 25.8. The average Bonchev–Trinajstić information content (AvgIpc) is 3.33. The second-order valence-electron chi connectivity index (χ2n) is 14.4. The predicted molar refractivity (Wildman–Crippen MR) is 161 cm³/mol. The Bertz CT molecular complexity index is 1380. The minimum Gasteiger partial charge on any atom is -0.389 e. The van der Waals surface area contributed by atoms with Gasteiger partial charge >= 0.3 is 0 Å². The predicted octanol–water partition coefficient (Wildman–Crippen LogP) is 3.73. The van der Waals surface area contributed by atoms with E-state index in [0.717, 1.165) is 48.6 Å². The van der Waals surface area contributed by atoms with E-state index in [2.05, 4.69) is 29.5 Å². The number of amides is 3. The SMILES string of the molecule is Cc1cccc2[nH]c(C(=O)N[C@H](C(=O)N3C[C@H]4[C@@H]([C@H]3C(=O)N[C@H](C(=O)CO)C(C)(C)C)C4(C)C)C3CCCCC3)cc12. The summed E-state index contributed by atoms with van der Waals surface area (Å²) in [7, 11) is 0. The van der Waals surface area contributed by atoms with E-state index in [9.17, 15) is 24.3 Å². The van der Waals surface area contributed by atoms with Crippen molar-refractivity contribution in [2.75, 3.05) is 13.2 Å². The van der Waals surface area contributed by atoms with Gasteiger partial charge in [-0.1, -0.05) is 66.0 Å². The number of nitrogens with one attached hydrogen (secondary N) is 3. The first-order valence-corrected chi connectivity index (χ1v) is 15.4. The molecule has 1 aliphatic heterocycles. The first-order valence-electron chi connectivity index (χ1n) is 15.4. The second kappa shape index (κ2) is 11.1. The molecule has 1 aromatic carbocycles. The highest BCUT2D eigenvalue weighted by Crippen LogP contribution is 2.65. The number of Topliss-reactive ketones (excluding diaryl/α,β-unsaturated/α-hetero) is 1. The molecule has 0 bridgehead atoms. The fourth-order valence-electron chi connectivity index (χ4n) is 7.59. The summed E-state index contributed by atoms with van der Waals surface area (Å²) in [5.41, 5.74) is 1.61. The number of hydrogen-bond donors (Lipinski definition) is 4. The van der Waals surface area contributed by atoms with E-state index in [-0.39, 0.29) is 40.9 Å². The second-order valence-corrected chi connectivity index (χ2v) is 14.4. The van der Waals surface area contributed by atoms with Crippen molar-refractivity contribution in [3.63, 3.8) is 0 Å². The topological polar surface area (TPSA) is 132 Å². The van der Waals surface area contributed by atoms with Crippen LogP contribution in [0.5, 0.6) is 0 Å². The Hall–Kier alpha value is -3.20. The number of H-pyrrole nitrogens is 1. The van der Waals surface area contributed by atoms with Crippen LogP contribution in [0.25, 0.3) is 10.9 Å². The molecule has 2 aliphatic carbocycles. The highest BCUT2D eigenvalue weighted by atomic mass is 16.3. The van der Waals surface area contributed by atoms with Crippen LogP contribution >= 0.6 is 0 Å². The van der Waals surface area contributed by atoms with Crippen LogP contribution in [0, 0.1) is 35.5 Å². The van der Waals surface area contributed by atoms with Crippen LogP contribution in [-0.2, 0) is 14.4 Å². The Kier molecular flexibility index (Phi) is 8.02. The molecule has 4 N–H and O–H groups in total. The number of piperidine rings is 1. The molecule has 3 aliphatic rings. The zero-order valence-corrected chi connectivity index (χ0v) is 25.8. The first kappa shape index (κ1) is 30.3. The summed E-state index contributed by atoms with van der Waals surface area (Å²) in [6, 6.07) is 5.32. The van der Waals surface area contributed by atoms with Crippen molar-refractivity contribution < 1.29 is 24.3 Å². The Morgan fingerprint density at radius 2 is 1.79 bits per heavy atom. The molecule has 0 radical (unpaired) electrons. The molecular formula is C33H46N4O5. The summed E-state index contributed by atoms with van der Waals surface area (Å²) in [5, 5.41) is 16.5. The summed E-state index contributed by atoms with van der Waals surface area (Å²) in [5.74, 6) is -1.28. The van der Waals surface area contributed by atoms with E-state index in [4.69, 9.17) is 0 Å². The monoisotopic (exact) mass is 578 g/mol. The molecule has 5 atom stereocenters. The van der Waals surface area contributed by atoms with Gasteiger partial charge in [-0.3, -0.25) is 19.2 Å². The highest BCUT2D eigenvalue weighted by Gasteiger charge is 2.69. The number of hydrogen-bond acceptors (Lipinski definition) is 5. The smallest absolute Gasteiger partial charge is 0.268 e. The Labute approximate surface area is 248 Å². The fourth-order valence-corrected chi connectivity index (χ4v) is 7.59. The molecule has 9 heteroatoms. The lowest BCUT2D eigenvalue weighted by molar-refractivity contribution is -0.144. The molecule has 228 valence electrons. The van der Waals surface area contributed by atoms with Crippen molar-refractivity contribution in [1.29, 1.82) is 0 Å². The van der Waals surface area contributed by atoms with Gasteiger partial charge in [0.1, 0.15) is 24.4 Å². The molecule has 2 aromatic rings. The maximum Gasteiger partial charge on any atom is 0.268 e. The van der Waals surface area contributed by atoms with Crippen molar-refractivity contribution in [2.45, 2.75) is 91.8 Å². The lowest BCUT2D eigenvalue weighted by Gasteiger charge is -2.38. The molecule has 0 unspecified atom stereocenters. The number of aromatic amines is 1. The van der Waals surface area contributed by atoms with Gasteiger partial charge in [0.2, 0.25) is 11.8 Å². The van der Waals surface area contributed by atoms with Crippen molar-refractivity contribution in [1.82, 2.24) is 20.5 Å². The van der Waals surface area contributed by atoms with Gasteiger partial charge < -0.3 is 25.6 Å². The minimum atomic E-state index is -0.882. The standard InChI is InChI=1S/C33H46N4O5/c1-18-11-10-14-22-20(18)15-23(34-22)29(40)35-26(19-12-8-7-9-13-19)31(42)37-16-21-25(33(21,5)6)27(37)30(41)36-28(24(39)17-38)32(2,3)4/h10-11,14-15,19,21,25-28,34,38H,7-9,12-13,16-17H2,1-6H3,(H,35,40)(H,36,41)/t21-,25-,26-,27-,28+/m0/s1. The van der Waals surface area contributed by atoms with Crippen LogP contribution in [0.3, 0.4) is 0 Å². The number of likely N-dealkylation sites (tertiary alicyclic amines) is 1. The van der Waals surface area contributed by atoms with Crippen molar-refractivity contribution in [3.8, 4) is 0 Å². The van der Waals surface area contributed by atoms with E-state index in [1.165, 1.54) is 0 Å². The molecule has 2 heterocycles. The number of aliphatic hydroxyl groups excluding tert-OH is 1. The number of aliphatic hydroxyl groups is 1. The van der Waals surface area contributed by atoms with Gasteiger partial charge in [-0.05, 0) is 66.0 Å². The Balaban J connectivity index is 1.42. The third-order valence-corrected chi connectivity index (χ3v) is 10.2. The maximum absolute atomic E-state index is 14.4. The van der Waals surface area contributed by atoms with Crippen LogP contribution < -0.4 is 10.6 Å². The molecule has 3 fully saturated rings. The Morgan fingerprint density at radius 1 is 1.10 bits per heavy atom. The lowest BCUT2D eigenvalue weighted by atomic mass is 9.82. The van der Waals surface area contributed by atoms with Gasteiger partial charge in [0.05, 0.1) is 6.04 Å². The number of aromatic nitrogens is 1. The van der Waals surface area contributed by atoms with Crippen LogP contribution in [0.1, 0.15) is 82.8 Å². The lowest BCUT2D eigenvalue weighted by Crippen LogP contribution is -2.60. The zero-order chi connectivity index (χ0) is 30.6. The van der Waals surface area contributed by atoms with E-state index in [1.54, 1.807) is 4.90 Å². The van der Waals surface area contributed by atoms with Crippen LogP contribution in [-0.4, -0.2) is 69.8 Å². The van der Waals surface area contributed by atoms with Crippen molar-refractivity contribution in [3.05, 3.63) is 35.5 Å². The molecule has 42 heavy (non-hydrogen) atoms. The van der Waals surface area contributed by atoms with Crippen molar-refractivity contribution >= 4 is 34.4 Å². The van der Waals surface area contributed by atoms with E-state index in [0.29, 0.717) is 12.2 Å². The van der Waals surface area contributed by atoms with Gasteiger partial charge in [-0.25, -0.2) is 0 Å². The van der Waals surface area contributed by atoms with Crippen molar-refractivity contribution in [2.24, 2.45) is 28.6 Å². The summed E-state index contributed by atoms with van der Waals surface area (Å²) < 4.78 is 0. The number of fused-ring (bicyclic) bond motifs is 2. The number of ketones is 1. The number of carbonyl (C=O) groups is 4. The summed E-state index contributed by atoms with van der Waals surface area (Å²) in [6.45, 7) is 11.5. The van der Waals surface area contributed by atoms with Crippen LogP contribution in [0.2, 0.25) is 0 Å². The quantitative estimate of drug-likeness (QED) is 0.379. The van der Waals surface area contributed by atoms with Crippen LogP contribution in [0.15, 0.2) is 24.3 Å². The molecule has 5 rings (SSSR count). The molecule has 1 aromatic heterocycles. The number of nitrogens with zero attached hydrogens (tertiary/aromatic N) is 1. The largest absolute Gasteiger partial charge is 0.389 e. The van der Waals surface area contributed by atoms with E-state index >= 15 is 0 Å². The first-order chi connectivity index (χ1) is 19.8. The Morgan fingerprint density at radius 3 is 2.40 bits per heavy atom. The third kappa shape index (κ3) is 5.48. The average molecular weight is 579 g/mol. The highest BCUT2D eigenvalue weighted by molar-refractivity contribution is 6.02. The van der Waals surface area contributed by atoms with Gasteiger partial charge in [-0.15, -0.1) is 0 Å². The van der Waals surface area contributed by atoms with Gasteiger partial charge in [0, 0.05) is 17.4 Å². The normalized spacial score (nSPS) is 25.0. The van der Waals surface area contributed by atoms with Gasteiger partial charge in [0.15, 0.2) is 5.78 Å². The number of benzene rings is 1. The van der Waals surface area contributed by atoms with Gasteiger partial charge in [0.25, 0.3) is 5.91 Å². The van der Waals surface area contributed by atoms with Gasteiger partial charge in [-0.2, -0.15) is 0 Å². The van der Waals surface area contributed by atoms with E-state index < -0.39 is 35.9 Å². The van der Waals surface area contributed by atoms with E-state index in [1.807, 2.05) is 52.0 Å². The summed E-state index contributed by atoms with van der Waals surface area (Å²) in [4.78, 5) is 59.4. The third-order valence-electron chi connectivity index (χ3n) is 10.2. The number of aryl methyl sites for hydroxylation is 1. The number of rotatable bonds is 8. The molecule has 3 amide bonds. The fraction of sp³-hybridized carbons (Fsp3) is 0.636. The number of carbonyl (C=O) groups excluding carboxylic acids is 4. The van der Waals surface area contributed by atoms with Crippen LogP contribution in [0.4, 0.5) is 0 Å². The molecule has 0 spiro atoms. The minimum absolute atomic E-state index is 0.0201. The molecule has 2 saturated carbocycles.